The standard InChI is InChI=1S/C86H124N2O22/c1-50-27-19-17-20-28-51(2)64(103-12)45-58-34-32-55(6)86(101,110-58)78(96)80(97)88-40-26-23-29-61(88)82(99)108-65(46-62(89)52(3)42-56(7)85(10,100)79(105-14)75(93)54(5)41-50)53(4)43-57-33-36-63(66(44-57)104-13)106-70(91)30-21-15-16-22-31-71(92)107-67-47-83(8)60(35-37-68(83)90)72-74(67)84(9)69(49-102-11)109-81(98)59(73(84)77(95)76(72)94)48-87-38-24-18-25-39-87/h17,19-20,27-28,42,48,50,52-55,57-58,60-61,63-67,69,79,95,100-101H,15-16,18,21-26,29-41,43-47,49H2,1-14H3/b20-17+,27-19+,51-28+,56-42+,59-48+/t50-,52-,53-,54-,55-,57?,58+,60+,61+,63-,64+,65+,66-,67-,69-,79+,83+,84+,85+,86-/m1/s1. The van der Waals surface area contributed by atoms with E-state index in [4.69, 9.17) is 42.6 Å². The van der Waals surface area contributed by atoms with Gasteiger partial charge in [0.2, 0.25) is 11.6 Å². The Hall–Kier alpha value is -6.80. The number of Topliss-reactive ketones (excluding diaryl/α,β-unsaturated/α-hetero) is 5. The van der Waals surface area contributed by atoms with Crippen LogP contribution in [-0.2, 0) is 90.6 Å². The molecule has 5 aliphatic heterocycles. The van der Waals surface area contributed by atoms with Gasteiger partial charge in [0.15, 0.2) is 11.5 Å². The molecule has 110 heavy (non-hydrogen) atoms. The summed E-state index contributed by atoms with van der Waals surface area (Å²) >= 11 is 0. The number of aliphatic hydroxyl groups excluding tert-OH is 1. The van der Waals surface area contributed by atoms with Gasteiger partial charge in [-0.1, -0.05) is 90.8 Å². The third-order valence-electron chi connectivity index (χ3n) is 25.8. The minimum Gasteiger partial charge on any atom is -0.504 e. The second kappa shape index (κ2) is 37.9. The highest BCUT2D eigenvalue weighted by Gasteiger charge is 2.65. The molecule has 2 bridgehead atoms. The van der Waals surface area contributed by atoms with Crippen LogP contribution >= 0.6 is 0 Å². The number of rotatable bonds is 18. The van der Waals surface area contributed by atoms with E-state index >= 15 is 0 Å². The number of esters is 4. The fourth-order valence-electron chi connectivity index (χ4n) is 18.9. The van der Waals surface area contributed by atoms with E-state index in [1.165, 1.54) is 26.0 Å². The minimum atomic E-state index is -2.50. The second-order valence-corrected chi connectivity index (χ2v) is 33.8. The molecule has 2 saturated carbocycles. The molecular formula is C86H124N2O22. The molecule has 4 saturated heterocycles. The quantitative estimate of drug-likeness (QED) is 0.0287. The molecule has 6 fully saturated rings. The smallest absolute Gasteiger partial charge is 0.340 e. The van der Waals surface area contributed by atoms with Gasteiger partial charge in [0, 0.05) is 133 Å². The van der Waals surface area contributed by atoms with E-state index in [0.717, 1.165) is 24.8 Å². The fraction of sp³-hybridized carbons (Fsp3) is 0.721. The van der Waals surface area contributed by atoms with Gasteiger partial charge in [0.25, 0.3) is 11.7 Å². The van der Waals surface area contributed by atoms with Crippen LogP contribution in [0.5, 0.6) is 0 Å². The van der Waals surface area contributed by atoms with Crippen molar-refractivity contribution in [2.45, 2.75) is 290 Å². The number of hydrogen-bond donors (Lipinski definition) is 3. The number of methoxy groups -OCH3 is 4. The molecule has 4 aliphatic carbocycles. The number of likely N-dealkylation sites (tertiary alicyclic amines) is 1. The molecule has 3 N–H and O–H groups in total. The van der Waals surface area contributed by atoms with Gasteiger partial charge in [0.1, 0.15) is 53.7 Å². The summed E-state index contributed by atoms with van der Waals surface area (Å²) in [4.78, 5) is 146. The largest absolute Gasteiger partial charge is 0.504 e. The molecule has 0 aromatic heterocycles. The van der Waals surface area contributed by atoms with Crippen LogP contribution < -0.4 is 0 Å². The van der Waals surface area contributed by atoms with E-state index in [0.29, 0.717) is 114 Å². The monoisotopic (exact) mass is 1540 g/mol. The molecule has 9 rings (SSSR count). The average molecular weight is 1540 g/mol. The first-order chi connectivity index (χ1) is 52.2. The summed E-state index contributed by atoms with van der Waals surface area (Å²) in [5.74, 6) is -12.5. The van der Waals surface area contributed by atoms with Crippen molar-refractivity contribution in [1.29, 1.82) is 0 Å². The van der Waals surface area contributed by atoms with E-state index in [2.05, 4.69) is 0 Å². The van der Waals surface area contributed by atoms with Crippen molar-refractivity contribution in [3.63, 3.8) is 0 Å². The van der Waals surface area contributed by atoms with Gasteiger partial charge in [-0.05, 0) is 165 Å². The molecule has 24 heteroatoms. The number of piperidine rings is 2. The lowest BCUT2D eigenvalue weighted by atomic mass is 9.53. The summed E-state index contributed by atoms with van der Waals surface area (Å²) in [5.41, 5.74) is -2.26. The number of unbranched alkanes of at least 4 members (excludes halogenated alkanes) is 3. The SMILES string of the molecule is COC[C@H]1OC(=O)/C(=C/N2CCCCC2)C2=C(O)C(=O)C3=C([C@H](OC(=O)CCCCCCC(=O)O[C@@H]4CCC(C[C@@H](C)[C@@H]5CC(=O)[C@H](C)/C=C(\C)[C@](C)(O)[C@@H](OC)C(=O)[C@H](C)C[C@H](C)/C=C/C=C/C=C(\C)[C@@H](OC)C[C@@H]6CC[C@@H](C)[C@@](O)(O6)C(=O)C(=O)N6CCCC[C@H]6C(=O)O5)C[C@H]4OC)C[C@]4(C)C(=O)CC[C@@H]34)[C@]21C. The highest BCUT2D eigenvalue weighted by Crippen LogP contribution is 2.63. The van der Waals surface area contributed by atoms with Crippen molar-refractivity contribution in [3.8, 4) is 0 Å². The maximum atomic E-state index is 14.9. The molecule has 0 aromatic carbocycles. The van der Waals surface area contributed by atoms with Crippen LogP contribution in [0.3, 0.4) is 0 Å². The van der Waals surface area contributed by atoms with Gasteiger partial charge < -0.3 is 67.8 Å². The number of carbonyl (C=O) groups excluding carboxylic acids is 10. The lowest BCUT2D eigenvalue weighted by Gasteiger charge is -2.53. The number of ketones is 5. The molecule has 20 atom stereocenters. The highest BCUT2D eigenvalue weighted by atomic mass is 16.6. The van der Waals surface area contributed by atoms with Crippen molar-refractivity contribution in [2.24, 2.45) is 52.3 Å². The zero-order chi connectivity index (χ0) is 80.3. The number of carbonyl (C=O) groups is 10. The molecule has 5 heterocycles. The normalized spacial score (nSPS) is 37.9. The summed E-state index contributed by atoms with van der Waals surface area (Å²) in [5, 5.41) is 36.4. The number of nitrogens with zero attached hydrogens (tertiary/aromatic N) is 2. The van der Waals surface area contributed by atoms with Gasteiger partial charge in [-0.3, -0.25) is 38.4 Å². The summed E-state index contributed by atoms with van der Waals surface area (Å²) in [6.45, 7) is 18.9. The summed E-state index contributed by atoms with van der Waals surface area (Å²) in [7, 11) is 5.95. The van der Waals surface area contributed by atoms with E-state index in [1.54, 1.807) is 68.0 Å². The zero-order valence-corrected chi connectivity index (χ0v) is 67.6. The molecule has 0 radical (unpaired) electrons. The number of ether oxygens (including phenoxy) is 9. The van der Waals surface area contributed by atoms with Crippen LogP contribution in [0.1, 0.15) is 223 Å². The summed E-state index contributed by atoms with van der Waals surface area (Å²) < 4.78 is 54.6. The first-order valence-electron chi connectivity index (χ1n) is 40.5. The molecule has 1 amide bonds. The molecule has 1 unspecified atom stereocenters. The maximum absolute atomic E-state index is 14.9. The van der Waals surface area contributed by atoms with Gasteiger partial charge in [-0.2, -0.15) is 0 Å². The Morgan fingerprint density at radius 1 is 0.736 bits per heavy atom. The molecular weight excluding hydrogens is 1410 g/mol. The van der Waals surface area contributed by atoms with E-state index in [-0.39, 0.29) is 104 Å². The molecule has 0 aromatic rings. The van der Waals surface area contributed by atoms with Crippen LogP contribution in [-0.4, -0.2) is 205 Å². The fourth-order valence-corrected chi connectivity index (χ4v) is 18.9. The first-order valence-corrected chi connectivity index (χ1v) is 40.5. The van der Waals surface area contributed by atoms with Crippen molar-refractivity contribution < 1.29 is 106 Å². The number of cyclic esters (lactones) is 2. The predicted octanol–water partition coefficient (Wildman–Crippen LogP) is 11.4. The Kier molecular flexibility index (Phi) is 30.0. The first kappa shape index (κ1) is 87.2. The predicted molar refractivity (Wildman–Crippen MR) is 407 cm³/mol. The van der Waals surface area contributed by atoms with E-state index in [1.807, 2.05) is 56.1 Å². The van der Waals surface area contributed by atoms with Crippen molar-refractivity contribution >= 4 is 58.7 Å². The summed E-state index contributed by atoms with van der Waals surface area (Å²) in [6, 6.07) is -1.24. The average Bonchev–Trinajstić information content (AvgIpc) is 1.14. The number of hydrogen-bond acceptors (Lipinski definition) is 23. The van der Waals surface area contributed by atoms with Crippen LogP contribution in [0.2, 0.25) is 0 Å². The Balaban J connectivity index is 0.841. The molecule has 610 valence electrons. The van der Waals surface area contributed by atoms with Crippen LogP contribution in [0.4, 0.5) is 0 Å². The van der Waals surface area contributed by atoms with E-state index in [9.17, 15) is 63.3 Å². The van der Waals surface area contributed by atoms with Gasteiger partial charge in [0.05, 0.1) is 35.9 Å². The van der Waals surface area contributed by atoms with Crippen molar-refractivity contribution in [3.05, 3.63) is 81.9 Å². The molecule has 9 aliphatic rings. The summed E-state index contributed by atoms with van der Waals surface area (Å²) in [6.07, 6.45) is 16.2. The maximum Gasteiger partial charge on any atom is 0.340 e. The van der Waals surface area contributed by atoms with Crippen LogP contribution in [0.15, 0.2) is 81.9 Å². The number of fused-ring (bicyclic) bond motifs is 7. The number of aliphatic hydroxyl groups is 3. The van der Waals surface area contributed by atoms with Gasteiger partial charge >= 0.3 is 23.9 Å². The minimum absolute atomic E-state index is 0.000241. The third kappa shape index (κ3) is 19.3. The van der Waals surface area contributed by atoms with E-state index < -0.39 is 154 Å². The van der Waals surface area contributed by atoms with Crippen LogP contribution in [0, 0.1) is 52.3 Å². The Morgan fingerprint density at radius 2 is 1.43 bits per heavy atom. The van der Waals surface area contributed by atoms with Crippen molar-refractivity contribution in [2.75, 3.05) is 54.7 Å². The molecule has 0 spiro atoms. The lowest BCUT2D eigenvalue weighted by Crippen LogP contribution is -2.61. The highest BCUT2D eigenvalue weighted by molar-refractivity contribution is 6.39. The lowest BCUT2D eigenvalue weighted by molar-refractivity contribution is -0.265. The topological polar surface area (TPSA) is 321 Å². The zero-order valence-electron chi connectivity index (χ0n) is 67.6. The third-order valence-corrected chi connectivity index (χ3v) is 25.8. The number of amides is 1. The van der Waals surface area contributed by atoms with Crippen LogP contribution in [0.25, 0.3) is 0 Å². The second-order valence-electron chi connectivity index (χ2n) is 33.8. The van der Waals surface area contributed by atoms with Gasteiger partial charge in [-0.25, -0.2) is 9.59 Å². The number of allylic oxidation sites excluding steroid dienone is 7. The van der Waals surface area contributed by atoms with Crippen molar-refractivity contribution in [1.82, 2.24) is 9.80 Å². The van der Waals surface area contributed by atoms with Gasteiger partial charge in [-0.15, -0.1) is 0 Å². The molecule has 24 nitrogen and oxygen atoms in total. The Bertz CT molecular complexity index is 3630. The Morgan fingerprint density at radius 3 is 2.10 bits per heavy atom. The Labute approximate surface area is 649 Å².